The summed E-state index contributed by atoms with van der Waals surface area (Å²) in [5.41, 5.74) is 0.631. The van der Waals surface area contributed by atoms with Crippen LogP contribution in [-0.2, 0) is 14.4 Å². The number of nitrogens with one attached hydrogen (secondary N) is 2. The van der Waals surface area contributed by atoms with Crippen LogP contribution in [0.15, 0.2) is 24.3 Å². The van der Waals surface area contributed by atoms with E-state index in [2.05, 4.69) is 10.6 Å². The molecular formula is C16H17ClN4O4. The van der Waals surface area contributed by atoms with Gasteiger partial charge in [-0.25, -0.2) is 4.79 Å². The Morgan fingerprint density at radius 2 is 1.96 bits per heavy atom. The van der Waals surface area contributed by atoms with Crippen LogP contribution in [0.4, 0.5) is 10.5 Å². The van der Waals surface area contributed by atoms with E-state index in [0.29, 0.717) is 23.8 Å². The van der Waals surface area contributed by atoms with Crippen molar-refractivity contribution in [3.8, 4) is 0 Å². The molecule has 0 bridgehead atoms. The minimum atomic E-state index is -0.698. The molecule has 1 atom stereocenters. The van der Waals surface area contributed by atoms with Gasteiger partial charge < -0.3 is 15.1 Å². The average molecular weight is 365 g/mol. The van der Waals surface area contributed by atoms with E-state index in [1.165, 1.54) is 4.90 Å². The molecule has 0 aliphatic carbocycles. The lowest BCUT2D eigenvalue weighted by molar-refractivity contribution is -0.137. The third kappa shape index (κ3) is 3.74. The summed E-state index contributed by atoms with van der Waals surface area (Å²) in [6.45, 7) is 0.710. The fraction of sp³-hybridized carbons (Fsp3) is 0.375. The molecule has 132 valence electrons. The Labute approximate surface area is 149 Å². The van der Waals surface area contributed by atoms with Crippen molar-refractivity contribution in [2.75, 3.05) is 24.5 Å². The Hall–Kier alpha value is -2.61. The zero-order valence-electron chi connectivity index (χ0n) is 13.3. The number of para-hydroxylation sites is 1. The molecule has 8 nitrogen and oxygen atoms in total. The quantitative estimate of drug-likeness (QED) is 0.760. The fourth-order valence-corrected chi connectivity index (χ4v) is 3.14. The number of anilines is 1. The lowest BCUT2D eigenvalue weighted by Crippen LogP contribution is -2.52. The maximum atomic E-state index is 12.4. The van der Waals surface area contributed by atoms with E-state index in [9.17, 15) is 19.2 Å². The van der Waals surface area contributed by atoms with Crippen molar-refractivity contribution in [2.45, 2.75) is 18.9 Å². The minimum absolute atomic E-state index is 0.0344. The monoisotopic (exact) mass is 364 g/mol. The first kappa shape index (κ1) is 17.2. The van der Waals surface area contributed by atoms with Crippen molar-refractivity contribution >= 4 is 41.0 Å². The molecule has 2 aliphatic rings. The first-order valence-corrected chi connectivity index (χ1v) is 8.27. The molecule has 2 saturated heterocycles. The van der Waals surface area contributed by atoms with Crippen molar-refractivity contribution in [3.63, 3.8) is 0 Å². The van der Waals surface area contributed by atoms with E-state index in [-0.39, 0.29) is 31.2 Å². The van der Waals surface area contributed by atoms with Crippen molar-refractivity contribution in [1.29, 1.82) is 0 Å². The number of carbonyl (C=O) groups is 4. The number of nitrogens with zero attached hydrogens (tertiary/aromatic N) is 2. The summed E-state index contributed by atoms with van der Waals surface area (Å²) < 4.78 is 0. The SMILES string of the molecule is O=C1NC(=O)[C@H](CCC(=O)N2CCN(c3ccccc3Cl)C(=O)C2)N1. The normalized spacial score (nSPS) is 20.5. The molecule has 0 spiro atoms. The lowest BCUT2D eigenvalue weighted by atomic mass is 10.1. The summed E-state index contributed by atoms with van der Waals surface area (Å²) in [6.07, 6.45) is 0.285. The van der Waals surface area contributed by atoms with Gasteiger partial charge >= 0.3 is 6.03 Å². The van der Waals surface area contributed by atoms with Gasteiger partial charge in [0.2, 0.25) is 11.8 Å². The molecule has 3 rings (SSSR count). The van der Waals surface area contributed by atoms with Gasteiger partial charge in [-0.15, -0.1) is 0 Å². The average Bonchev–Trinajstić information content (AvgIpc) is 2.91. The molecule has 1 aromatic rings. The predicted octanol–water partition coefficient (Wildman–Crippen LogP) is 0.503. The highest BCUT2D eigenvalue weighted by molar-refractivity contribution is 6.33. The number of imide groups is 1. The van der Waals surface area contributed by atoms with Gasteiger partial charge in [0.05, 0.1) is 10.7 Å². The fourth-order valence-electron chi connectivity index (χ4n) is 2.90. The molecule has 1 aromatic carbocycles. The smallest absolute Gasteiger partial charge is 0.322 e. The molecule has 0 radical (unpaired) electrons. The molecule has 25 heavy (non-hydrogen) atoms. The van der Waals surface area contributed by atoms with Crippen LogP contribution in [0.1, 0.15) is 12.8 Å². The molecule has 9 heteroatoms. The summed E-state index contributed by atoms with van der Waals surface area (Å²) in [4.78, 5) is 50.2. The van der Waals surface area contributed by atoms with Gasteiger partial charge in [0.15, 0.2) is 0 Å². The van der Waals surface area contributed by atoms with Gasteiger partial charge in [-0.1, -0.05) is 23.7 Å². The highest BCUT2D eigenvalue weighted by Gasteiger charge is 2.32. The minimum Gasteiger partial charge on any atom is -0.332 e. The molecule has 0 unspecified atom stereocenters. The van der Waals surface area contributed by atoms with Gasteiger partial charge in [-0.3, -0.25) is 19.7 Å². The molecule has 0 saturated carbocycles. The van der Waals surface area contributed by atoms with Gasteiger partial charge in [0, 0.05) is 19.5 Å². The van der Waals surface area contributed by atoms with E-state index >= 15 is 0 Å². The number of benzene rings is 1. The Morgan fingerprint density at radius 1 is 1.20 bits per heavy atom. The molecular weight excluding hydrogens is 348 g/mol. The summed E-state index contributed by atoms with van der Waals surface area (Å²) in [6, 6.07) is 5.81. The number of piperazine rings is 1. The Bertz CT molecular complexity index is 739. The lowest BCUT2D eigenvalue weighted by Gasteiger charge is -2.34. The maximum absolute atomic E-state index is 12.4. The van der Waals surface area contributed by atoms with Gasteiger partial charge in [-0.05, 0) is 18.6 Å². The largest absolute Gasteiger partial charge is 0.332 e. The van der Waals surface area contributed by atoms with Crippen LogP contribution in [-0.4, -0.2) is 54.3 Å². The number of hydrogen-bond donors (Lipinski definition) is 2. The van der Waals surface area contributed by atoms with Crippen LogP contribution in [0.5, 0.6) is 0 Å². The third-order valence-corrected chi connectivity index (χ3v) is 4.54. The molecule has 0 aromatic heterocycles. The second kappa shape index (κ2) is 7.10. The van der Waals surface area contributed by atoms with Crippen LogP contribution in [0.2, 0.25) is 5.02 Å². The van der Waals surface area contributed by atoms with Crippen molar-refractivity contribution < 1.29 is 19.2 Å². The summed E-state index contributed by atoms with van der Waals surface area (Å²) in [5.74, 6) is -0.863. The standard InChI is InChI=1S/C16H17ClN4O4/c17-10-3-1-2-4-12(10)21-8-7-20(9-14(21)23)13(22)6-5-11-15(24)19-16(25)18-11/h1-4,11H,5-9H2,(H2,18,19,24,25)/t11-/m0/s1. The van der Waals surface area contributed by atoms with E-state index in [4.69, 9.17) is 11.6 Å². The first-order valence-electron chi connectivity index (χ1n) is 7.90. The molecule has 2 aliphatic heterocycles. The van der Waals surface area contributed by atoms with Crippen molar-refractivity contribution in [3.05, 3.63) is 29.3 Å². The van der Waals surface area contributed by atoms with Gasteiger partial charge in [0.1, 0.15) is 12.6 Å². The van der Waals surface area contributed by atoms with Gasteiger partial charge in [0.25, 0.3) is 5.91 Å². The second-order valence-electron chi connectivity index (χ2n) is 5.87. The predicted molar refractivity (Wildman–Crippen MR) is 90.1 cm³/mol. The van der Waals surface area contributed by atoms with Crippen LogP contribution in [0.25, 0.3) is 0 Å². The maximum Gasteiger partial charge on any atom is 0.322 e. The van der Waals surface area contributed by atoms with E-state index in [1.807, 2.05) is 0 Å². The molecule has 2 N–H and O–H groups in total. The Balaban J connectivity index is 1.55. The third-order valence-electron chi connectivity index (χ3n) is 4.22. The molecule has 5 amide bonds. The highest BCUT2D eigenvalue weighted by atomic mass is 35.5. The number of rotatable bonds is 4. The topological polar surface area (TPSA) is 98.8 Å². The number of amides is 5. The van der Waals surface area contributed by atoms with E-state index < -0.39 is 18.0 Å². The molecule has 2 fully saturated rings. The van der Waals surface area contributed by atoms with Crippen LogP contribution in [0, 0.1) is 0 Å². The van der Waals surface area contributed by atoms with Crippen LogP contribution >= 0.6 is 11.6 Å². The summed E-state index contributed by atoms with van der Waals surface area (Å²) in [5, 5.41) is 5.05. The summed E-state index contributed by atoms with van der Waals surface area (Å²) >= 11 is 6.12. The zero-order chi connectivity index (χ0) is 18.0. The number of carbonyl (C=O) groups excluding carboxylic acids is 4. The van der Waals surface area contributed by atoms with E-state index in [0.717, 1.165) is 0 Å². The first-order chi connectivity index (χ1) is 12.0. The van der Waals surface area contributed by atoms with Gasteiger partial charge in [-0.2, -0.15) is 0 Å². The summed E-state index contributed by atoms with van der Waals surface area (Å²) in [7, 11) is 0. The van der Waals surface area contributed by atoms with Crippen LogP contribution in [0.3, 0.4) is 0 Å². The van der Waals surface area contributed by atoms with Crippen molar-refractivity contribution in [2.24, 2.45) is 0 Å². The number of hydrogen-bond acceptors (Lipinski definition) is 4. The zero-order valence-corrected chi connectivity index (χ0v) is 14.1. The second-order valence-corrected chi connectivity index (χ2v) is 6.27. The molecule has 2 heterocycles. The Kier molecular flexibility index (Phi) is 4.89. The highest BCUT2D eigenvalue weighted by Crippen LogP contribution is 2.26. The van der Waals surface area contributed by atoms with E-state index in [1.54, 1.807) is 29.2 Å². The number of halogens is 1. The van der Waals surface area contributed by atoms with Crippen LogP contribution < -0.4 is 15.5 Å². The number of urea groups is 1. The van der Waals surface area contributed by atoms with Crippen molar-refractivity contribution in [1.82, 2.24) is 15.5 Å². The Morgan fingerprint density at radius 3 is 2.60 bits per heavy atom.